The van der Waals surface area contributed by atoms with E-state index in [2.05, 4.69) is 11.8 Å². The Morgan fingerprint density at radius 2 is 2.12 bits per heavy atom. The second-order valence-electron chi connectivity index (χ2n) is 3.32. The number of hydrogen-bond acceptors (Lipinski definition) is 2. The summed E-state index contributed by atoms with van der Waals surface area (Å²) in [6, 6.07) is 3.67. The van der Waals surface area contributed by atoms with E-state index in [4.69, 9.17) is 10.8 Å². The molecule has 1 rings (SSSR count). The molecule has 1 aromatic rings. The average Bonchev–Trinajstić information content (AvgIpc) is 2.20. The van der Waals surface area contributed by atoms with Crippen LogP contribution in [0.3, 0.4) is 0 Å². The fourth-order valence-corrected chi connectivity index (χ4v) is 1.22. The van der Waals surface area contributed by atoms with Gasteiger partial charge in [-0.15, -0.1) is 0 Å². The minimum atomic E-state index is -1.08. The van der Waals surface area contributed by atoms with E-state index in [1.165, 1.54) is 12.1 Å². The largest absolute Gasteiger partial charge is 0.481 e. The molecular weight excluding hydrogens is 225 g/mol. The second kappa shape index (κ2) is 5.66. The monoisotopic (exact) mass is 235 g/mol. The van der Waals surface area contributed by atoms with Crippen LogP contribution in [0.2, 0.25) is 0 Å². The number of rotatable bonds is 3. The van der Waals surface area contributed by atoms with E-state index < -0.39 is 17.7 Å². The zero-order valence-corrected chi connectivity index (χ0v) is 8.87. The molecule has 0 aromatic heterocycles. The number of aliphatic carboxylic acids is 1. The lowest BCUT2D eigenvalue weighted by atomic mass is 10.0. The predicted octanol–water partition coefficient (Wildman–Crippen LogP) is 0.680. The first-order chi connectivity index (χ1) is 7.99. The van der Waals surface area contributed by atoms with Crippen LogP contribution in [0.1, 0.15) is 17.5 Å². The van der Waals surface area contributed by atoms with Crippen LogP contribution in [0.4, 0.5) is 4.39 Å². The SMILES string of the molecule is NC(=O)CC#Cc1ccc(F)cc1CC(=O)O. The summed E-state index contributed by atoms with van der Waals surface area (Å²) in [7, 11) is 0. The first kappa shape index (κ1) is 12.7. The van der Waals surface area contributed by atoms with Gasteiger partial charge in [-0.3, -0.25) is 9.59 Å². The van der Waals surface area contributed by atoms with Gasteiger partial charge in [0, 0.05) is 5.56 Å². The molecule has 1 aromatic carbocycles. The average molecular weight is 235 g/mol. The van der Waals surface area contributed by atoms with Crippen LogP contribution in [0.15, 0.2) is 18.2 Å². The number of amides is 1. The highest BCUT2D eigenvalue weighted by Crippen LogP contribution is 2.11. The molecule has 3 N–H and O–H groups in total. The molecule has 0 saturated heterocycles. The lowest BCUT2D eigenvalue weighted by Gasteiger charge is -2.01. The molecular formula is C12H10FNO3. The molecule has 0 atom stereocenters. The molecule has 0 fully saturated rings. The number of carboxylic acids is 1. The normalized spacial score (nSPS) is 9.24. The Hall–Kier alpha value is -2.35. The van der Waals surface area contributed by atoms with Crippen molar-refractivity contribution in [3.05, 3.63) is 35.1 Å². The molecule has 0 aliphatic heterocycles. The van der Waals surface area contributed by atoms with Crippen molar-refractivity contribution in [2.75, 3.05) is 0 Å². The van der Waals surface area contributed by atoms with Crippen molar-refractivity contribution >= 4 is 11.9 Å². The molecule has 0 heterocycles. The molecule has 0 aliphatic rings. The van der Waals surface area contributed by atoms with Gasteiger partial charge in [-0.05, 0) is 23.8 Å². The van der Waals surface area contributed by atoms with Crippen LogP contribution >= 0.6 is 0 Å². The van der Waals surface area contributed by atoms with Crippen molar-refractivity contribution in [2.45, 2.75) is 12.8 Å². The number of carbonyl (C=O) groups is 2. The zero-order chi connectivity index (χ0) is 12.8. The fourth-order valence-electron chi connectivity index (χ4n) is 1.22. The molecule has 0 saturated carbocycles. The van der Waals surface area contributed by atoms with E-state index in [1.54, 1.807) is 0 Å². The van der Waals surface area contributed by atoms with Crippen LogP contribution in [0.5, 0.6) is 0 Å². The van der Waals surface area contributed by atoms with E-state index in [0.717, 1.165) is 6.07 Å². The number of carbonyl (C=O) groups excluding carboxylic acids is 1. The van der Waals surface area contributed by atoms with Crippen molar-refractivity contribution < 1.29 is 19.1 Å². The minimum Gasteiger partial charge on any atom is -0.481 e. The molecule has 0 radical (unpaired) electrons. The van der Waals surface area contributed by atoms with Gasteiger partial charge in [0.15, 0.2) is 0 Å². The number of benzene rings is 1. The summed E-state index contributed by atoms with van der Waals surface area (Å²) >= 11 is 0. The van der Waals surface area contributed by atoms with Crippen LogP contribution < -0.4 is 5.73 Å². The van der Waals surface area contributed by atoms with Gasteiger partial charge in [-0.1, -0.05) is 11.8 Å². The number of halogens is 1. The second-order valence-corrected chi connectivity index (χ2v) is 3.32. The van der Waals surface area contributed by atoms with Crippen molar-refractivity contribution in [3.8, 4) is 11.8 Å². The van der Waals surface area contributed by atoms with Crippen molar-refractivity contribution in [1.82, 2.24) is 0 Å². The fraction of sp³-hybridized carbons (Fsp3) is 0.167. The third-order valence-electron chi connectivity index (χ3n) is 1.89. The first-order valence-electron chi connectivity index (χ1n) is 4.76. The molecule has 1 amide bonds. The summed E-state index contributed by atoms with van der Waals surface area (Å²) in [5.74, 6) is 2.92. The number of carboxylic acid groups (broad SMARTS) is 1. The Bertz CT molecular complexity index is 514. The Morgan fingerprint density at radius 1 is 1.41 bits per heavy atom. The first-order valence-corrected chi connectivity index (χ1v) is 4.76. The van der Waals surface area contributed by atoms with Crippen molar-refractivity contribution in [2.24, 2.45) is 5.73 Å². The summed E-state index contributed by atoms with van der Waals surface area (Å²) in [5, 5.41) is 8.65. The van der Waals surface area contributed by atoms with Gasteiger partial charge in [0.1, 0.15) is 5.82 Å². The molecule has 0 bridgehead atoms. The summed E-state index contributed by atoms with van der Waals surface area (Å²) in [6.45, 7) is 0. The van der Waals surface area contributed by atoms with Crippen molar-refractivity contribution in [1.29, 1.82) is 0 Å². The Labute approximate surface area is 97.2 Å². The maximum absolute atomic E-state index is 12.9. The number of primary amides is 1. The summed E-state index contributed by atoms with van der Waals surface area (Å²) in [5.41, 5.74) is 5.56. The molecule has 0 spiro atoms. The quantitative estimate of drug-likeness (QED) is 0.756. The molecule has 0 aliphatic carbocycles. The number of hydrogen-bond donors (Lipinski definition) is 2. The third kappa shape index (κ3) is 4.34. The highest BCUT2D eigenvalue weighted by molar-refractivity contribution is 5.76. The molecule has 4 nitrogen and oxygen atoms in total. The summed E-state index contributed by atoms with van der Waals surface area (Å²) in [4.78, 5) is 21.0. The maximum Gasteiger partial charge on any atom is 0.307 e. The van der Waals surface area contributed by atoms with Crippen molar-refractivity contribution in [3.63, 3.8) is 0 Å². The molecule has 88 valence electrons. The van der Waals surface area contributed by atoms with Crippen LogP contribution in [-0.2, 0) is 16.0 Å². The van der Waals surface area contributed by atoms with Gasteiger partial charge in [0.05, 0.1) is 12.8 Å². The Kier molecular flexibility index (Phi) is 4.23. The van der Waals surface area contributed by atoms with Gasteiger partial charge < -0.3 is 10.8 Å². The Balaban J connectivity index is 3.00. The van der Waals surface area contributed by atoms with Crippen LogP contribution in [-0.4, -0.2) is 17.0 Å². The molecule has 17 heavy (non-hydrogen) atoms. The van der Waals surface area contributed by atoms with Crippen LogP contribution in [0, 0.1) is 17.7 Å². The van der Waals surface area contributed by atoms with E-state index in [9.17, 15) is 14.0 Å². The topological polar surface area (TPSA) is 80.4 Å². The van der Waals surface area contributed by atoms with Gasteiger partial charge in [0.2, 0.25) is 5.91 Å². The van der Waals surface area contributed by atoms with E-state index in [1.807, 2.05) is 0 Å². The van der Waals surface area contributed by atoms with E-state index in [0.29, 0.717) is 5.56 Å². The zero-order valence-electron chi connectivity index (χ0n) is 8.87. The van der Waals surface area contributed by atoms with Crippen LogP contribution in [0.25, 0.3) is 0 Å². The highest BCUT2D eigenvalue weighted by atomic mass is 19.1. The lowest BCUT2D eigenvalue weighted by Crippen LogP contribution is -2.08. The summed E-state index contributed by atoms with van der Waals surface area (Å²) in [6.07, 6.45) is -0.442. The van der Waals surface area contributed by atoms with E-state index in [-0.39, 0.29) is 18.4 Å². The highest BCUT2D eigenvalue weighted by Gasteiger charge is 2.06. The smallest absolute Gasteiger partial charge is 0.307 e. The third-order valence-corrected chi connectivity index (χ3v) is 1.89. The van der Waals surface area contributed by atoms with Gasteiger partial charge in [0.25, 0.3) is 0 Å². The number of nitrogens with two attached hydrogens (primary N) is 1. The Morgan fingerprint density at radius 3 is 2.71 bits per heavy atom. The van der Waals surface area contributed by atoms with Gasteiger partial charge >= 0.3 is 5.97 Å². The molecule has 0 unspecified atom stereocenters. The summed E-state index contributed by atoms with van der Waals surface area (Å²) < 4.78 is 12.9. The maximum atomic E-state index is 12.9. The predicted molar refractivity (Wildman–Crippen MR) is 58.4 cm³/mol. The van der Waals surface area contributed by atoms with E-state index >= 15 is 0 Å². The van der Waals surface area contributed by atoms with Gasteiger partial charge in [-0.25, -0.2) is 4.39 Å². The van der Waals surface area contributed by atoms with Gasteiger partial charge in [-0.2, -0.15) is 0 Å². The standard InChI is InChI=1S/C12H10FNO3/c13-10-5-4-8(2-1-3-11(14)15)9(6-10)7-12(16)17/h4-6H,3,7H2,(H2,14,15)(H,16,17). The molecule has 5 heteroatoms. The minimum absolute atomic E-state index is 0.121. The lowest BCUT2D eigenvalue weighted by molar-refractivity contribution is -0.136.